The van der Waals surface area contributed by atoms with E-state index in [2.05, 4.69) is 32.1 Å². The molecule has 1 N–H and O–H groups in total. The average Bonchev–Trinajstić information content (AvgIpc) is 3.27. The summed E-state index contributed by atoms with van der Waals surface area (Å²) in [4.78, 5) is 12.6. The van der Waals surface area contributed by atoms with Crippen LogP contribution in [0.3, 0.4) is 0 Å². The van der Waals surface area contributed by atoms with E-state index in [0.29, 0.717) is 5.92 Å². The number of thioether (sulfide) groups is 1. The van der Waals surface area contributed by atoms with Crippen molar-refractivity contribution in [2.24, 2.45) is 7.05 Å². The van der Waals surface area contributed by atoms with Gasteiger partial charge in [-0.3, -0.25) is 9.48 Å². The summed E-state index contributed by atoms with van der Waals surface area (Å²) < 4.78 is 3.91. The van der Waals surface area contributed by atoms with Gasteiger partial charge in [-0.15, -0.1) is 10.2 Å². The average molecular weight is 348 g/mol. The summed E-state index contributed by atoms with van der Waals surface area (Å²) in [5.74, 6) is 1.57. The molecule has 0 unspecified atom stereocenters. The minimum Gasteiger partial charge on any atom is -0.322 e. The molecule has 1 fully saturated rings. The van der Waals surface area contributed by atoms with E-state index in [0.717, 1.165) is 34.6 Å². The van der Waals surface area contributed by atoms with Crippen LogP contribution in [0.2, 0.25) is 0 Å². The molecule has 1 aliphatic carbocycles. The molecule has 0 aliphatic heterocycles. The van der Waals surface area contributed by atoms with Gasteiger partial charge in [-0.2, -0.15) is 5.10 Å². The summed E-state index contributed by atoms with van der Waals surface area (Å²) in [6.07, 6.45) is 2.39. The molecule has 1 aliphatic rings. The van der Waals surface area contributed by atoms with E-state index >= 15 is 0 Å². The second-order valence-electron chi connectivity index (χ2n) is 6.28. The number of aryl methyl sites for hydroxylation is 2. The molecule has 2 aromatic heterocycles. The van der Waals surface area contributed by atoms with Gasteiger partial charge in [0.1, 0.15) is 5.82 Å². The number of rotatable bonds is 6. The van der Waals surface area contributed by atoms with Crippen LogP contribution in [0.25, 0.3) is 0 Å². The van der Waals surface area contributed by atoms with E-state index in [1.54, 1.807) is 4.68 Å². The van der Waals surface area contributed by atoms with Gasteiger partial charge in [0, 0.05) is 19.5 Å². The molecule has 1 amide bonds. The first kappa shape index (κ1) is 17.0. The van der Waals surface area contributed by atoms with Gasteiger partial charge >= 0.3 is 0 Å². The summed E-state index contributed by atoms with van der Waals surface area (Å²) >= 11 is 1.46. The van der Waals surface area contributed by atoms with Crippen molar-refractivity contribution in [2.45, 2.75) is 63.4 Å². The lowest BCUT2D eigenvalue weighted by Crippen LogP contribution is -2.23. The summed E-state index contributed by atoms with van der Waals surface area (Å²) in [6, 6.07) is 0. The first-order valence-corrected chi connectivity index (χ1v) is 9.21. The summed E-state index contributed by atoms with van der Waals surface area (Å²) in [7, 11) is 1.87. The van der Waals surface area contributed by atoms with Gasteiger partial charge in [-0.05, 0) is 40.5 Å². The van der Waals surface area contributed by atoms with Crippen molar-refractivity contribution in [1.82, 2.24) is 24.5 Å². The minimum absolute atomic E-state index is 0.0437. The van der Waals surface area contributed by atoms with Gasteiger partial charge in [-0.25, -0.2) is 0 Å². The molecule has 7 nitrogen and oxygen atoms in total. The molecule has 8 heteroatoms. The fourth-order valence-corrected chi connectivity index (χ4v) is 3.64. The first-order valence-electron chi connectivity index (χ1n) is 8.33. The molecule has 2 heterocycles. The second-order valence-corrected chi connectivity index (χ2v) is 7.59. The number of nitrogens with zero attached hydrogens (tertiary/aromatic N) is 5. The number of aromatic nitrogens is 5. The van der Waals surface area contributed by atoms with Gasteiger partial charge in [0.15, 0.2) is 5.16 Å². The van der Waals surface area contributed by atoms with Crippen molar-refractivity contribution in [3.05, 3.63) is 17.2 Å². The second kappa shape index (κ2) is 6.58. The third-order valence-electron chi connectivity index (χ3n) is 4.41. The Bertz CT molecular complexity index is 761. The van der Waals surface area contributed by atoms with E-state index in [9.17, 15) is 4.79 Å². The van der Waals surface area contributed by atoms with Crippen LogP contribution in [0.4, 0.5) is 5.69 Å². The number of anilines is 1. The standard InChI is InChI=1S/C16H24N6OS/c1-6-22-14(12-7-8-12)18-19-16(22)24-11(4)15(23)17-13-9(2)20-21(5)10(13)3/h11-12H,6-8H2,1-5H3,(H,17,23)/t11-/m0/s1. The number of hydrogen-bond acceptors (Lipinski definition) is 5. The summed E-state index contributed by atoms with van der Waals surface area (Å²) in [5.41, 5.74) is 2.57. The van der Waals surface area contributed by atoms with Crippen LogP contribution < -0.4 is 5.32 Å². The smallest absolute Gasteiger partial charge is 0.237 e. The van der Waals surface area contributed by atoms with E-state index < -0.39 is 0 Å². The van der Waals surface area contributed by atoms with Crippen LogP contribution in [0.5, 0.6) is 0 Å². The zero-order chi connectivity index (χ0) is 17.4. The quantitative estimate of drug-likeness (QED) is 0.812. The topological polar surface area (TPSA) is 77.6 Å². The molecule has 1 atom stereocenters. The lowest BCUT2D eigenvalue weighted by molar-refractivity contribution is -0.115. The minimum atomic E-state index is -0.259. The van der Waals surface area contributed by atoms with Crippen molar-refractivity contribution in [2.75, 3.05) is 5.32 Å². The monoisotopic (exact) mass is 348 g/mol. The summed E-state index contributed by atoms with van der Waals surface area (Å²) in [5, 5.41) is 16.5. The molecule has 2 aromatic rings. The molecule has 0 saturated heterocycles. The van der Waals surface area contributed by atoms with Crippen molar-refractivity contribution in [1.29, 1.82) is 0 Å². The number of carbonyl (C=O) groups excluding carboxylic acids is 1. The molecular formula is C16H24N6OS. The van der Waals surface area contributed by atoms with Gasteiger partial charge in [0.05, 0.1) is 22.3 Å². The Hall–Kier alpha value is -1.83. The Morgan fingerprint density at radius 1 is 1.38 bits per heavy atom. The van der Waals surface area contributed by atoms with Gasteiger partial charge in [-0.1, -0.05) is 11.8 Å². The molecule has 3 rings (SSSR count). The van der Waals surface area contributed by atoms with E-state index in [-0.39, 0.29) is 11.2 Å². The Morgan fingerprint density at radius 3 is 2.62 bits per heavy atom. The van der Waals surface area contributed by atoms with Crippen LogP contribution in [0, 0.1) is 13.8 Å². The van der Waals surface area contributed by atoms with Gasteiger partial charge in [0.25, 0.3) is 0 Å². The van der Waals surface area contributed by atoms with Crippen LogP contribution in [-0.4, -0.2) is 35.7 Å². The van der Waals surface area contributed by atoms with Crippen molar-refractivity contribution >= 4 is 23.4 Å². The van der Waals surface area contributed by atoms with E-state index in [1.165, 1.54) is 24.6 Å². The summed E-state index contributed by atoms with van der Waals surface area (Å²) in [6.45, 7) is 8.66. The van der Waals surface area contributed by atoms with Gasteiger partial charge < -0.3 is 9.88 Å². The van der Waals surface area contributed by atoms with Gasteiger partial charge in [0.2, 0.25) is 5.91 Å². The maximum atomic E-state index is 12.6. The van der Waals surface area contributed by atoms with Crippen molar-refractivity contribution < 1.29 is 4.79 Å². The zero-order valence-corrected chi connectivity index (χ0v) is 15.6. The number of carbonyl (C=O) groups is 1. The number of nitrogens with one attached hydrogen (secondary N) is 1. The highest BCUT2D eigenvalue weighted by molar-refractivity contribution is 8.00. The highest BCUT2D eigenvalue weighted by Crippen LogP contribution is 2.40. The van der Waals surface area contributed by atoms with Crippen LogP contribution in [-0.2, 0) is 18.4 Å². The zero-order valence-electron chi connectivity index (χ0n) is 14.8. The molecular weight excluding hydrogens is 324 g/mol. The number of hydrogen-bond donors (Lipinski definition) is 1. The predicted molar refractivity (Wildman–Crippen MR) is 94.3 cm³/mol. The SMILES string of the molecule is CCn1c(S[C@@H](C)C(=O)Nc2c(C)nn(C)c2C)nnc1C1CC1. The largest absolute Gasteiger partial charge is 0.322 e. The molecule has 0 aromatic carbocycles. The van der Waals surface area contributed by atoms with Crippen LogP contribution in [0.1, 0.15) is 49.8 Å². The fourth-order valence-electron chi connectivity index (χ4n) is 2.72. The van der Waals surface area contributed by atoms with Crippen LogP contribution in [0.15, 0.2) is 5.16 Å². The normalized spacial score (nSPS) is 15.5. The first-order chi connectivity index (χ1) is 11.4. The van der Waals surface area contributed by atoms with Crippen molar-refractivity contribution in [3.8, 4) is 0 Å². The molecule has 1 saturated carbocycles. The fraction of sp³-hybridized carbons (Fsp3) is 0.625. The Kier molecular flexibility index (Phi) is 4.67. The van der Waals surface area contributed by atoms with Crippen LogP contribution >= 0.6 is 11.8 Å². The maximum Gasteiger partial charge on any atom is 0.237 e. The highest BCUT2D eigenvalue weighted by Gasteiger charge is 2.31. The number of amides is 1. The van der Waals surface area contributed by atoms with E-state index in [1.807, 2.05) is 27.8 Å². The predicted octanol–water partition coefficient (Wildman–Crippen LogP) is 2.65. The maximum absolute atomic E-state index is 12.6. The lowest BCUT2D eigenvalue weighted by Gasteiger charge is -2.13. The molecule has 130 valence electrons. The molecule has 0 spiro atoms. The highest BCUT2D eigenvalue weighted by atomic mass is 32.2. The third kappa shape index (κ3) is 3.19. The third-order valence-corrected chi connectivity index (χ3v) is 5.49. The molecule has 0 bridgehead atoms. The Balaban J connectivity index is 1.70. The molecule has 24 heavy (non-hydrogen) atoms. The van der Waals surface area contributed by atoms with Crippen molar-refractivity contribution in [3.63, 3.8) is 0 Å². The lowest BCUT2D eigenvalue weighted by atomic mass is 10.3. The Labute approximate surface area is 146 Å². The molecule has 0 radical (unpaired) electrons. The Morgan fingerprint density at radius 2 is 2.08 bits per heavy atom. The van der Waals surface area contributed by atoms with E-state index in [4.69, 9.17) is 0 Å².